The van der Waals surface area contributed by atoms with Gasteiger partial charge < -0.3 is 10.1 Å². The molecule has 0 bridgehead atoms. The summed E-state index contributed by atoms with van der Waals surface area (Å²) >= 11 is 7.70. The van der Waals surface area contributed by atoms with Crippen LogP contribution in [-0.4, -0.2) is 34.8 Å². The monoisotopic (exact) mass is 526 g/mol. The van der Waals surface area contributed by atoms with Gasteiger partial charge in [-0.2, -0.15) is 11.8 Å². The van der Waals surface area contributed by atoms with E-state index in [0.717, 1.165) is 17.0 Å². The Bertz CT molecular complexity index is 1260. The van der Waals surface area contributed by atoms with E-state index in [9.17, 15) is 19.7 Å². The van der Waals surface area contributed by atoms with E-state index in [2.05, 4.69) is 5.32 Å². The SMILES string of the molecule is CCSCCOC(=O)C1=C(C)NC2=C(C(=O)CC(c3ccc(Cl)cc3)C2)C1c1cccc([N+](=O)[O-])c1. The van der Waals surface area contributed by atoms with Gasteiger partial charge in [0.15, 0.2) is 5.78 Å². The first kappa shape index (κ1) is 26.0. The average molecular weight is 527 g/mol. The van der Waals surface area contributed by atoms with Gasteiger partial charge in [-0.1, -0.05) is 42.8 Å². The molecule has 1 aliphatic carbocycles. The number of dihydropyridines is 1. The maximum atomic E-state index is 13.6. The number of non-ortho nitro benzene ring substituents is 1. The van der Waals surface area contributed by atoms with Crippen LogP contribution in [0.15, 0.2) is 71.1 Å². The number of allylic oxidation sites excluding steroid dienone is 3. The second-order valence-electron chi connectivity index (χ2n) is 8.75. The third-order valence-corrected chi connectivity index (χ3v) is 7.58. The molecule has 0 radical (unpaired) electrons. The maximum absolute atomic E-state index is 13.6. The number of carbonyl (C=O) groups excluding carboxylic acids is 2. The smallest absolute Gasteiger partial charge is 0.336 e. The van der Waals surface area contributed by atoms with Gasteiger partial charge in [-0.3, -0.25) is 14.9 Å². The Morgan fingerprint density at radius 1 is 1.19 bits per heavy atom. The summed E-state index contributed by atoms with van der Waals surface area (Å²) in [5.74, 6) is 0.174. The number of halogens is 1. The predicted molar refractivity (Wildman–Crippen MR) is 141 cm³/mol. The van der Waals surface area contributed by atoms with Crippen LogP contribution in [0.3, 0.4) is 0 Å². The molecule has 4 rings (SSSR count). The van der Waals surface area contributed by atoms with Crippen molar-refractivity contribution in [1.29, 1.82) is 0 Å². The van der Waals surface area contributed by atoms with Crippen LogP contribution in [0.2, 0.25) is 5.02 Å². The first-order valence-corrected chi connectivity index (χ1v) is 13.3. The van der Waals surface area contributed by atoms with Crippen molar-refractivity contribution in [2.24, 2.45) is 0 Å². The quantitative estimate of drug-likeness (QED) is 0.198. The Morgan fingerprint density at radius 2 is 1.94 bits per heavy atom. The number of nitro benzene ring substituents is 1. The molecule has 2 aliphatic rings. The summed E-state index contributed by atoms with van der Waals surface area (Å²) in [6.45, 7) is 4.05. The lowest BCUT2D eigenvalue weighted by atomic mass is 9.71. The summed E-state index contributed by atoms with van der Waals surface area (Å²) < 4.78 is 5.56. The van der Waals surface area contributed by atoms with Crippen LogP contribution in [0.5, 0.6) is 0 Å². The molecule has 2 unspecified atom stereocenters. The van der Waals surface area contributed by atoms with Crippen LogP contribution in [0.25, 0.3) is 0 Å². The van der Waals surface area contributed by atoms with Crippen LogP contribution in [0, 0.1) is 10.1 Å². The van der Waals surface area contributed by atoms with Gasteiger partial charge in [-0.25, -0.2) is 4.79 Å². The van der Waals surface area contributed by atoms with Crippen molar-refractivity contribution in [3.63, 3.8) is 0 Å². The summed E-state index contributed by atoms with van der Waals surface area (Å²) in [5.41, 5.74) is 3.54. The second-order valence-corrected chi connectivity index (χ2v) is 10.6. The number of benzene rings is 2. The number of nitrogens with zero attached hydrogens (tertiary/aromatic N) is 1. The fraction of sp³-hybridized carbons (Fsp3) is 0.333. The molecule has 0 amide bonds. The van der Waals surface area contributed by atoms with Gasteiger partial charge in [0.05, 0.1) is 10.5 Å². The molecule has 2 aromatic carbocycles. The van der Waals surface area contributed by atoms with Crippen molar-refractivity contribution in [3.05, 3.63) is 97.3 Å². The summed E-state index contributed by atoms with van der Waals surface area (Å²) in [6.07, 6.45) is 0.836. The van der Waals surface area contributed by atoms with Crippen molar-refractivity contribution in [2.75, 3.05) is 18.1 Å². The zero-order valence-corrected chi connectivity index (χ0v) is 21.7. The predicted octanol–water partition coefficient (Wildman–Crippen LogP) is 5.91. The molecule has 2 atom stereocenters. The third kappa shape index (κ3) is 5.50. The molecule has 1 heterocycles. The van der Waals surface area contributed by atoms with Crippen LogP contribution in [0.1, 0.15) is 49.7 Å². The lowest BCUT2D eigenvalue weighted by molar-refractivity contribution is -0.384. The minimum absolute atomic E-state index is 0.0425. The van der Waals surface area contributed by atoms with Crippen LogP contribution in [0.4, 0.5) is 5.69 Å². The standard InChI is InChI=1S/C27H27ClN2O5S/c1-3-36-12-11-35-27(32)24-16(2)29-22-14-19(17-7-9-20(28)10-8-17)15-23(31)26(22)25(24)18-5-4-6-21(13-18)30(33)34/h4-10,13,19,25,29H,3,11-12,14-15H2,1-2H3. The number of carbonyl (C=O) groups is 2. The van der Waals surface area contributed by atoms with E-state index >= 15 is 0 Å². The van der Waals surface area contributed by atoms with E-state index in [1.807, 2.05) is 31.2 Å². The van der Waals surface area contributed by atoms with Crippen molar-refractivity contribution in [1.82, 2.24) is 5.32 Å². The highest BCUT2D eigenvalue weighted by Crippen LogP contribution is 2.46. The molecule has 36 heavy (non-hydrogen) atoms. The molecule has 0 saturated heterocycles. The Labute approximate surface area is 219 Å². The Balaban J connectivity index is 1.74. The van der Waals surface area contributed by atoms with Crippen LogP contribution in [-0.2, 0) is 14.3 Å². The summed E-state index contributed by atoms with van der Waals surface area (Å²) in [7, 11) is 0. The summed E-state index contributed by atoms with van der Waals surface area (Å²) in [4.78, 5) is 37.9. The highest BCUT2D eigenvalue weighted by Gasteiger charge is 2.41. The normalized spacial score (nSPS) is 19.6. The van der Waals surface area contributed by atoms with Gasteiger partial charge in [0.2, 0.25) is 0 Å². The van der Waals surface area contributed by atoms with Crippen molar-refractivity contribution >= 4 is 40.8 Å². The Kier molecular flexibility index (Phi) is 8.16. The zero-order chi connectivity index (χ0) is 25.8. The molecule has 2 aromatic rings. The highest BCUT2D eigenvalue weighted by molar-refractivity contribution is 7.99. The molecule has 0 aromatic heterocycles. The van der Waals surface area contributed by atoms with Gasteiger partial charge in [0.1, 0.15) is 6.61 Å². The Morgan fingerprint density at radius 3 is 2.64 bits per heavy atom. The molecule has 1 aliphatic heterocycles. The minimum atomic E-state index is -0.744. The molecule has 0 fully saturated rings. The van der Waals surface area contributed by atoms with Gasteiger partial charge in [-0.15, -0.1) is 0 Å². The molecular weight excluding hydrogens is 500 g/mol. The van der Waals surface area contributed by atoms with Crippen LogP contribution < -0.4 is 5.32 Å². The van der Waals surface area contributed by atoms with Gasteiger partial charge >= 0.3 is 5.97 Å². The highest BCUT2D eigenvalue weighted by atomic mass is 35.5. The molecule has 1 N–H and O–H groups in total. The fourth-order valence-corrected chi connectivity index (χ4v) is 5.46. The van der Waals surface area contributed by atoms with E-state index in [4.69, 9.17) is 16.3 Å². The molecule has 7 nitrogen and oxygen atoms in total. The average Bonchev–Trinajstić information content (AvgIpc) is 2.86. The topological polar surface area (TPSA) is 98.5 Å². The minimum Gasteiger partial charge on any atom is -0.461 e. The number of nitrogens with one attached hydrogen (secondary N) is 1. The molecular formula is C27H27ClN2O5S. The third-order valence-electron chi connectivity index (χ3n) is 6.47. The molecule has 188 valence electrons. The van der Waals surface area contributed by atoms with Gasteiger partial charge in [0, 0.05) is 52.2 Å². The molecule has 0 saturated carbocycles. The lowest BCUT2D eigenvalue weighted by Crippen LogP contribution is -2.36. The first-order valence-electron chi connectivity index (χ1n) is 11.8. The largest absolute Gasteiger partial charge is 0.461 e. The first-order chi connectivity index (χ1) is 17.3. The number of thioether (sulfide) groups is 1. The van der Waals surface area contributed by atoms with E-state index < -0.39 is 16.8 Å². The number of rotatable bonds is 8. The number of hydrogen-bond donors (Lipinski definition) is 1. The van der Waals surface area contributed by atoms with E-state index in [1.54, 1.807) is 30.8 Å². The number of esters is 1. The van der Waals surface area contributed by atoms with Crippen LogP contribution >= 0.6 is 23.4 Å². The number of Topliss-reactive ketones (excluding diaryl/α,β-unsaturated/α-hetero) is 1. The molecule has 9 heteroatoms. The number of hydrogen-bond acceptors (Lipinski definition) is 7. The molecule has 0 spiro atoms. The maximum Gasteiger partial charge on any atom is 0.336 e. The number of ether oxygens (including phenoxy) is 1. The summed E-state index contributed by atoms with van der Waals surface area (Å²) in [5, 5.41) is 15.4. The van der Waals surface area contributed by atoms with E-state index in [0.29, 0.717) is 39.6 Å². The van der Waals surface area contributed by atoms with E-state index in [1.165, 1.54) is 12.1 Å². The van der Waals surface area contributed by atoms with Crippen molar-refractivity contribution in [2.45, 2.75) is 38.5 Å². The van der Waals surface area contributed by atoms with Gasteiger partial charge in [0.25, 0.3) is 5.69 Å². The Hall–Kier alpha value is -3.10. The second kappa shape index (κ2) is 11.3. The van der Waals surface area contributed by atoms with Gasteiger partial charge in [-0.05, 0) is 48.3 Å². The zero-order valence-electron chi connectivity index (χ0n) is 20.1. The summed E-state index contributed by atoms with van der Waals surface area (Å²) in [6, 6.07) is 13.6. The lowest BCUT2D eigenvalue weighted by Gasteiger charge is -2.36. The fourth-order valence-electron chi connectivity index (χ4n) is 4.85. The van der Waals surface area contributed by atoms with Crippen molar-refractivity contribution in [3.8, 4) is 0 Å². The van der Waals surface area contributed by atoms with E-state index in [-0.39, 0.29) is 30.4 Å². The van der Waals surface area contributed by atoms with Crippen molar-refractivity contribution < 1.29 is 19.2 Å². The number of ketones is 1. The number of nitro groups is 1.